The molecule has 0 aliphatic carbocycles. The third-order valence-electron chi connectivity index (χ3n) is 3.47. The molecule has 2 heteroatoms. The highest BCUT2D eigenvalue weighted by molar-refractivity contribution is 4.81. The Labute approximate surface area is 103 Å². The van der Waals surface area contributed by atoms with E-state index in [-0.39, 0.29) is 0 Å². The monoisotopic (exact) mass is 228 g/mol. The first-order valence-electron chi connectivity index (χ1n) is 7.23. The highest BCUT2D eigenvalue weighted by atomic mass is 15.2. The van der Waals surface area contributed by atoms with E-state index in [9.17, 15) is 0 Å². The van der Waals surface area contributed by atoms with Crippen molar-refractivity contribution in [2.75, 3.05) is 20.1 Å². The number of hydrogen-bond acceptors (Lipinski definition) is 2. The highest BCUT2D eigenvalue weighted by Crippen LogP contribution is 2.17. The Bertz CT molecular complexity index is 148. The van der Waals surface area contributed by atoms with Gasteiger partial charge in [0.15, 0.2) is 0 Å². The summed E-state index contributed by atoms with van der Waals surface area (Å²) in [5, 5.41) is 3.41. The maximum absolute atomic E-state index is 3.41. The average molecular weight is 228 g/mol. The molecule has 0 aromatic carbocycles. The van der Waals surface area contributed by atoms with E-state index < -0.39 is 0 Å². The predicted octanol–water partition coefficient (Wildman–Crippen LogP) is 3.28. The second-order valence-electron chi connectivity index (χ2n) is 4.47. The molecule has 1 aliphatic rings. The molecular formula is C14H32N2. The Morgan fingerprint density at radius 1 is 1.31 bits per heavy atom. The zero-order valence-electron chi connectivity index (χ0n) is 12.1. The first kappa shape index (κ1) is 15.9. The van der Waals surface area contributed by atoms with Crippen LogP contribution in [0.5, 0.6) is 0 Å². The molecule has 0 saturated carbocycles. The summed E-state index contributed by atoms with van der Waals surface area (Å²) < 4.78 is 0. The fourth-order valence-corrected chi connectivity index (χ4v) is 2.55. The summed E-state index contributed by atoms with van der Waals surface area (Å²) in [4.78, 5) is 2.69. The Hall–Kier alpha value is -0.0800. The topological polar surface area (TPSA) is 15.3 Å². The second kappa shape index (κ2) is 10.1. The van der Waals surface area contributed by atoms with Crippen molar-refractivity contribution >= 4 is 0 Å². The zero-order chi connectivity index (χ0) is 12.4. The van der Waals surface area contributed by atoms with Gasteiger partial charge in [0.05, 0.1) is 0 Å². The molecule has 1 N–H and O–H groups in total. The molecular weight excluding hydrogens is 196 g/mol. The predicted molar refractivity (Wildman–Crippen MR) is 74.0 cm³/mol. The van der Waals surface area contributed by atoms with E-state index in [2.05, 4.69) is 31.1 Å². The fourth-order valence-electron chi connectivity index (χ4n) is 2.55. The lowest BCUT2D eigenvalue weighted by Gasteiger charge is -2.38. The number of nitrogens with one attached hydrogen (secondary N) is 1. The van der Waals surface area contributed by atoms with Crippen LogP contribution < -0.4 is 5.32 Å². The lowest BCUT2D eigenvalue weighted by Crippen LogP contribution is -2.48. The normalized spacial score (nSPS) is 23.4. The number of nitrogens with zero attached hydrogens (tertiary/aromatic N) is 1. The van der Waals surface area contributed by atoms with Crippen LogP contribution in [0.2, 0.25) is 0 Å². The van der Waals surface area contributed by atoms with Gasteiger partial charge in [-0.3, -0.25) is 4.90 Å². The molecule has 0 aromatic rings. The summed E-state index contributed by atoms with van der Waals surface area (Å²) >= 11 is 0. The minimum absolute atomic E-state index is 0.731. The van der Waals surface area contributed by atoms with E-state index in [0.717, 1.165) is 12.1 Å². The average Bonchev–Trinajstić information content (AvgIpc) is 2.38. The highest BCUT2D eigenvalue weighted by Gasteiger charge is 2.23. The second-order valence-corrected chi connectivity index (χ2v) is 4.47. The quantitative estimate of drug-likeness (QED) is 0.777. The van der Waals surface area contributed by atoms with Crippen LogP contribution in [0.25, 0.3) is 0 Å². The molecule has 2 atom stereocenters. The molecule has 0 amide bonds. The summed E-state index contributed by atoms with van der Waals surface area (Å²) in [5.74, 6) is 0. The van der Waals surface area contributed by atoms with Crippen LogP contribution in [0.15, 0.2) is 0 Å². The molecule has 0 bridgehead atoms. The smallest absolute Gasteiger partial charge is 0.0192 e. The molecule has 2 nitrogen and oxygen atoms in total. The van der Waals surface area contributed by atoms with Crippen molar-refractivity contribution in [3.63, 3.8) is 0 Å². The first-order valence-corrected chi connectivity index (χ1v) is 7.23. The molecule has 1 fully saturated rings. The van der Waals surface area contributed by atoms with Crippen LogP contribution >= 0.6 is 0 Å². The third-order valence-corrected chi connectivity index (χ3v) is 3.47. The van der Waals surface area contributed by atoms with Crippen LogP contribution in [0.1, 0.15) is 59.8 Å². The van der Waals surface area contributed by atoms with Crippen LogP contribution in [0, 0.1) is 0 Å². The van der Waals surface area contributed by atoms with Gasteiger partial charge in [-0.2, -0.15) is 0 Å². The summed E-state index contributed by atoms with van der Waals surface area (Å²) in [6.07, 6.45) is 6.72. The van der Waals surface area contributed by atoms with Gasteiger partial charge in [-0.05, 0) is 39.3 Å². The lowest BCUT2D eigenvalue weighted by molar-refractivity contribution is 0.129. The van der Waals surface area contributed by atoms with Gasteiger partial charge >= 0.3 is 0 Å². The summed E-state index contributed by atoms with van der Waals surface area (Å²) in [6.45, 7) is 11.2. The Morgan fingerprint density at radius 2 is 2.00 bits per heavy atom. The standard InChI is InChI=1S/C12H26N2.C2H6/c1-4-7-12(5-2)14-9-6-8-11(10-14)13-3;1-2/h11-13H,4-10H2,1-3H3;1-2H3. The van der Waals surface area contributed by atoms with Crippen molar-refractivity contribution in [2.24, 2.45) is 0 Å². The number of rotatable bonds is 5. The van der Waals surface area contributed by atoms with Gasteiger partial charge in [0.2, 0.25) is 0 Å². The number of piperidine rings is 1. The number of likely N-dealkylation sites (N-methyl/N-ethyl adjacent to an activating group) is 1. The van der Waals surface area contributed by atoms with E-state index >= 15 is 0 Å². The van der Waals surface area contributed by atoms with Crippen LogP contribution in [-0.4, -0.2) is 37.1 Å². The summed E-state index contributed by atoms with van der Waals surface area (Å²) in [6, 6.07) is 1.56. The molecule has 0 spiro atoms. The van der Waals surface area contributed by atoms with Crippen molar-refractivity contribution in [1.82, 2.24) is 10.2 Å². The zero-order valence-corrected chi connectivity index (χ0v) is 12.1. The van der Waals surface area contributed by atoms with Crippen molar-refractivity contribution in [3.05, 3.63) is 0 Å². The van der Waals surface area contributed by atoms with E-state index in [0.29, 0.717) is 0 Å². The largest absolute Gasteiger partial charge is 0.316 e. The molecule has 98 valence electrons. The van der Waals surface area contributed by atoms with E-state index in [1.807, 2.05) is 13.8 Å². The third kappa shape index (κ3) is 5.31. The van der Waals surface area contributed by atoms with Gasteiger partial charge in [0.25, 0.3) is 0 Å². The molecule has 0 aromatic heterocycles. The number of likely N-dealkylation sites (tertiary alicyclic amines) is 1. The Morgan fingerprint density at radius 3 is 2.50 bits per heavy atom. The lowest BCUT2D eigenvalue weighted by atomic mass is 10.0. The van der Waals surface area contributed by atoms with Crippen molar-refractivity contribution in [3.8, 4) is 0 Å². The van der Waals surface area contributed by atoms with Crippen LogP contribution in [-0.2, 0) is 0 Å². The SMILES string of the molecule is CC.CCCC(CC)N1CCCC(NC)C1. The Balaban J connectivity index is 0.00000106. The van der Waals surface area contributed by atoms with Gasteiger partial charge < -0.3 is 5.32 Å². The van der Waals surface area contributed by atoms with Crippen molar-refractivity contribution in [1.29, 1.82) is 0 Å². The van der Waals surface area contributed by atoms with Crippen LogP contribution in [0.3, 0.4) is 0 Å². The summed E-state index contributed by atoms with van der Waals surface area (Å²) in [5.41, 5.74) is 0. The van der Waals surface area contributed by atoms with Gasteiger partial charge in [-0.15, -0.1) is 0 Å². The summed E-state index contributed by atoms with van der Waals surface area (Å²) in [7, 11) is 2.09. The minimum atomic E-state index is 0.731. The van der Waals surface area contributed by atoms with E-state index in [4.69, 9.17) is 0 Å². The van der Waals surface area contributed by atoms with Crippen LogP contribution in [0.4, 0.5) is 0 Å². The molecule has 1 saturated heterocycles. The van der Waals surface area contributed by atoms with Crippen molar-refractivity contribution in [2.45, 2.75) is 71.9 Å². The maximum atomic E-state index is 3.41. The fraction of sp³-hybridized carbons (Fsp3) is 1.00. The molecule has 1 rings (SSSR count). The molecule has 0 radical (unpaired) electrons. The first-order chi connectivity index (χ1) is 7.81. The molecule has 1 heterocycles. The number of hydrogen-bond donors (Lipinski definition) is 1. The minimum Gasteiger partial charge on any atom is -0.316 e. The van der Waals surface area contributed by atoms with E-state index in [1.54, 1.807) is 0 Å². The van der Waals surface area contributed by atoms with E-state index in [1.165, 1.54) is 45.2 Å². The van der Waals surface area contributed by atoms with Gasteiger partial charge in [0, 0.05) is 18.6 Å². The molecule has 16 heavy (non-hydrogen) atoms. The van der Waals surface area contributed by atoms with Gasteiger partial charge in [-0.25, -0.2) is 0 Å². The maximum Gasteiger partial charge on any atom is 0.0192 e. The van der Waals surface area contributed by atoms with Gasteiger partial charge in [0.1, 0.15) is 0 Å². The van der Waals surface area contributed by atoms with Gasteiger partial charge in [-0.1, -0.05) is 34.1 Å². The van der Waals surface area contributed by atoms with Crippen molar-refractivity contribution < 1.29 is 0 Å². The molecule has 2 unspecified atom stereocenters. The molecule has 1 aliphatic heterocycles. The Kier molecular flexibility index (Phi) is 10.0.